The zero-order valence-electron chi connectivity index (χ0n) is 11.3. The van der Waals surface area contributed by atoms with Gasteiger partial charge in [-0.05, 0) is 5.56 Å². The summed E-state index contributed by atoms with van der Waals surface area (Å²) in [5, 5.41) is 3.31. The number of aromatic nitrogens is 3. The summed E-state index contributed by atoms with van der Waals surface area (Å²) < 4.78 is 5.68. The molecule has 1 N–H and O–H groups in total. The highest BCUT2D eigenvalue weighted by molar-refractivity contribution is 5.18. The highest BCUT2D eigenvalue weighted by atomic mass is 16.5. The van der Waals surface area contributed by atoms with Gasteiger partial charge in [-0.25, -0.2) is 15.0 Å². The van der Waals surface area contributed by atoms with Gasteiger partial charge in [-0.2, -0.15) is 0 Å². The van der Waals surface area contributed by atoms with Crippen LogP contribution in [0.1, 0.15) is 17.2 Å². The van der Waals surface area contributed by atoms with E-state index in [1.807, 2.05) is 18.2 Å². The van der Waals surface area contributed by atoms with Gasteiger partial charge in [0.25, 0.3) is 0 Å². The van der Waals surface area contributed by atoms with Crippen molar-refractivity contribution in [3.05, 3.63) is 53.9 Å². The van der Waals surface area contributed by atoms with Crippen LogP contribution in [0, 0.1) is 0 Å². The van der Waals surface area contributed by atoms with Gasteiger partial charge < -0.3 is 10.1 Å². The molecule has 1 atom stereocenters. The third-order valence-corrected chi connectivity index (χ3v) is 3.29. The maximum atomic E-state index is 5.68. The Labute approximate surface area is 118 Å². The average Bonchev–Trinajstić information content (AvgIpc) is 2.50. The molecule has 1 aliphatic rings. The number of hydrogen-bond donors (Lipinski definition) is 1. The topological polar surface area (TPSA) is 59.9 Å². The molecule has 1 aromatic heterocycles. The van der Waals surface area contributed by atoms with Crippen molar-refractivity contribution in [2.75, 3.05) is 19.7 Å². The van der Waals surface area contributed by atoms with Gasteiger partial charge in [0, 0.05) is 25.9 Å². The lowest BCUT2D eigenvalue weighted by Gasteiger charge is -2.22. The third-order valence-electron chi connectivity index (χ3n) is 3.29. The summed E-state index contributed by atoms with van der Waals surface area (Å²) in [6, 6.07) is 10.2. The van der Waals surface area contributed by atoms with Gasteiger partial charge in [-0.3, -0.25) is 0 Å². The molecule has 0 saturated carbocycles. The van der Waals surface area contributed by atoms with E-state index in [4.69, 9.17) is 4.74 Å². The number of nitrogens with zero attached hydrogens (tertiary/aromatic N) is 3. The normalized spacial score (nSPS) is 18.9. The molecule has 20 heavy (non-hydrogen) atoms. The molecule has 2 heterocycles. The first kappa shape index (κ1) is 13.1. The first-order chi connectivity index (χ1) is 9.90. The second-order valence-electron chi connectivity index (χ2n) is 4.88. The molecule has 0 radical (unpaired) electrons. The molecule has 0 spiro atoms. The number of hydrogen-bond acceptors (Lipinski definition) is 5. The molecule has 5 nitrogen and oxygen atoms in total. The van der Waals surface area contributed by atoms with Crippen molar-refractivity contribution in [2.45, 2.75) is 18.9 Å². The molecular weight excluding hydrogens is 252 g/mol. The molecule has 0 aliphatic carbocycles. The zero-order valence-corrected chi connectivity index (χ0v) is 11.3. The highest BCUT2D eigenvalue weighted by Gasteiger charge is 2.15. The van der Waals surface area contributed by atoms with Crippen molar-refractivity contribution < 1.29 is 4.74 Å². The monoisotopic (exact) mass is 270 g/mol. The van der Waals surface area contributed by atoms with Crippen LogP contribution in [0.2, 0.25) is 0 Å². The average molecular weight is 270 g/mol. The van der Waals surface area contributed by atoms with Crippen molar-refractivity contribution in [3.8, 4) is 0 Å². The van der Waals surface area contributed by atoms with E-state index in [9.17, 15) is 0 Å². The van der Waals surface area contributed by atoms with Crippen molar-refractivity contribution in [1.29, 1.82) is 0 Å². The quantitative estimate of drug-likeness (QED) is 0.898. The Balaban J connectivity index is 1.66. The summed E-state index contributed by atoms with van der Waals surface area (Å²) in [5.74, 6) is 1.62. The summed E-state index contributed by atoms with van der Waals surface area (Å²) in [6.45, 7) is 2.54. The minimum Gasteiger partial charge on any atom is -0.375 e. The molecule has 3 rings (SSSR count). The predicted octanol–water partition coefficient (Wildman–Crippen LogP) is 0.993. The second-order valence-corrected chi connectivity index (χ2v) is 4.88. The molecular formula is C15H18N4O. The smallest absolute Gasteiger partial charge is 0.136 e. The van der Waals surface area contributed by atoms with Crippen LogP contribution in [-0.2, 0) is 17.6 Å². The Kier molecular flexibility index (Phi) is 4.30. The van der Waals surface area contributed by atoms with Gasteiger partial charge in [0.2, 0.25) is 0 Å². The van der Waals surface area contributed by atoms with Crippen LogP contribution in [0.4, 0.5) is 0 Å². The third kappa shape index (κ3) is 3.59. The van der Waals surface area contributed by atoms with Gasteiger partial charge in [-0.15, -0.1) is 0 Å². The summed E-state index contributed by atoms with van der Waals surface area (Å²) in [5.41, 5.74) is 1.21. The Hall–Kier alpha value is -1.85. The maximum Gasteiger partial charge on any atom is 0.136 e. The predicted molar refractivity (Wildman–Crippen MR) is 75.4 cm³/mol. The summed E-state index contributed by atoms with van der Waals surface area (Å²) in [4.78, 5) is 13.0. The number of ether oxygens (including phenoxy) is 1. The van der Waals surface area contributed by atoms with Gasteiger partial charge in [-0.1, -0.05) is 30.3 Å². The lowest BCUT2D eigenvalue weighted by molar-refractivity contribution is 0.0280. The van der Waals surface area contributed by atoms with Crippen LogP contribution in [0.15, 0.2) is 36.7 Å². The van der Waals surface area contributed by atoms with E-state index >= 15 is 0 Å². The van der Waals surface area contributed by atoms with Crippen LogP contribution >= 0.6 is 0 Å². The molecule has 0 amide bonds. The van der Waals surface area contributed by atoms with E-state index in [1.165, 1.54) is 5.56 Å². The van der Waals surface area contributed by atoms with E-state index in [1.54, 1.807) is 6.33 Å². The van der Waals surface area contributed by atoms with E-state index in [2.05, 4.69) is 32.4 Å². The molecule has 1 unspecified atom stereocenters. The van der Waals surface area contributed by atoms with Crippen LogP contribution in [0.25, 0.3) is 0 Å². The molecule has 0 bridgehead atoms. The minimum atomic E-state index is 0.163. The minimum absolute atomic E-state index is 0.163. The summed E-state index contributed by atoms with van der Waals surface area (Å²) in [7, 11) is 0. The molecule has 5 heteroatoms. The Morgan fingerprint density at radius 1 is 1.15 bits per heavy atom. The maximum absolute atomic E-state index is 5.68. The number of benzene rings is 1. The fourth-order valence-corrected chi connectivity index (χ4v) is 2.29. The summed E-state index contributed by atoms with van der Waals surface area (Å²) in [6.07, 6.45) is 3.23. The molecule has 1 aliphatic heterocycles. The van der Waals surface area contributed by atoms with Crippen molar-refractivity contribution >= 4 is 0 Å². The van der Waals surface area contributed by atoms with E-state index < -0.39 is 0 Å². The van der Waals surface area contributed by atoms with Crippen LogP contribution < -0.4 is 5.32 Å². The van der Waals surface area contributed by atoms with E-state index in [0.29, 0.717) is 0 Å². The van der Waals surface area contributed by atoms with Gasteiger partial charge >= 0.3 is 0 Å². The highest BCUT2D eigenvalue weighted by Crippen LogP contribution is 2.07. The lowest BCUT2D eigenvalue weighted by Crippen LogP contribution is -2.39. The fourth-order valence-electron chi connectivity index (χ4n) is 2.29. The van der Waals surface area contributed by atoms with Crippen LogP contribution in [-0.4, -0.2) is 40.8 Å². The number of morpholine rings is 1. The Morgan fingerprint density at radius 3 is 2.80 bits per heavy atom. The molecule has 104 valence electrons. The fraction of sp³-hybridized carbons (Fsp3) is 0.400. The van der Waals surface area contributed by atoms with Gasteiger partial charge in [0.1, 0.15) is 18.0 Å². The number of rotatable bonds is 4. The first-order valence-electron chi connectivity index (χ1n) is 6.93. The van der Waals surface area contributed by atoms with Crippen molar-refractivity contribution in [3.63, 3.8) is 0 Å². The second kappa shape index (κ2) is 6.54. The van der Waals surface area contributed by atoms with E-state index in [-0.39, 0.29) is 6.10 Å². The van der Waals surface area contributed by atoms with Gasteiger partial charge in [0.15, 0.2) is 0 Å². The molecule has 1 saturated heterocycles. The first-order valence-corrected chi connectivity index (χ1v) is 6.93. The Bertz CT molecular complexity index is 541. The van der Waals surface area contributed by atoms with Crippen molar-refractivity contribution in [2.24, 2.45) is 0 Å². The van der Waals surface area contributed by atoms with E-state index in [0.717, 1.165) is 44.2 Å². The standard InChI is InChI=1S/C15H18N4O/c1-2-4-12(5-3-1)8-14-17-11-18-15(19-14)9-13-10-16-6-7-20-13/h1-5,11,13,16H,6-10H2. The largest absolute Gasteiger partial charge is 0.375 e. The molecule has 2 aromatic rings. The molecule has 1 aromatic carbocycles. The van der Waals surface area contributed by atoms with Crippen LogP contribution in [0.3, 0.4) is 0 Å². The lowest BCUT2D eigenvalue weighted by atomic mass is 10.1. The van der Waals surface area contributed by atoms with Crippen LogP contribution in [0.5, 0.6) is 0 Å². The summed E-state index contributed by atoms with van der Waals surface area (Å²) >= 11 is 0. The number of nitrogens with one attached hydrogen (secondary N) is 1. The zero-order chi connectivity index (χ0) is 13.6. The van der Waals surface area contributed by atoms with Crippen molar-refractivity contribution in [1.82, 2.24) is 20.3 Å². The molecule has 1 fully saturated rings. The SMILES string of the molecule is c1ccc(Cc2ncnc(CC3CNCCO3)n2)cc1. The Morgan fingerprint density at radius 2 is 2.00 bits per heavy atom. The van der Waals surface area contributed by atoms with Gasteiger partial charge in [0.05, 0.1) is 12.7 Å².